The normalized spacial score (nSPS) is 19.0. The topological polar surface area (TPSA) is 95.8 Å². The van der Waals surface area contributed by atoms with Crippen LogP contribution in [0, 0.1) is 0 Å². The Kier molecular flexibility index (Phi) is 4.31. The maximum absolute atomic E-state index is 13.1. The molecule has 1 N–H and O–H groups in total. The second-order valence-electron chi connectivity index (χ2n) is 7.67. The smallest absolute Gasteiger partial charge is 0.276 e. The van der Waals surface area contributed by atoms with Crippen LogP contribution < -0.4 is 0 Å². The number of carbonyl (C=O) groups excluding carboxylic acids is 2. The highest BCUT2D eigenvalue weighted by atomic mass is 16.5. The Hall–Kier alpha value is -3.20. The fourth-order valence-corrected chi connectivity index (χ4v) is 4.26. The van der Waals surface area contributed by atoms with Gasteiger partial charge in [-0.25, -0.2) is 0 Å². The zero-order valence-corrected chi connectivity index (χ0v) is 16.0. The van der Waals surface area contributed by atoms with Crippen molar-refractivity contribution in [3.8, 4) is 0 Å². The van der Waals surface area contributed by atoms with Crippen molar-refractivity contribution in [3.05, 3.63) is 54.1 Å². The monoisotopic (exact) mass is 394 g/mol. The molecule has 0 radical (unpaired) electrons. The second-order valence-corrected chi connectivity index (χ2v) is 7.67. The molecule has 29 heavy (non-hydrogen) atoms. The van der Waals surface area contributed by atoms with Crippen LogP contribution in [0.5, 0.6) is 0 Å². The van der Waals surface area contributed by atoms with E-state index in [4.69, 9.17) is 4.74 Å². The summed E-state index contributed by atoms with van der Waals surface area (Å²) in [5, 5.41) is 10.0. The third kappa shape index (κ3) is 3.27. The van der Waals surface area contributed by atoms with Crippen LogP contribution in [-0.2, 0) is 4.74 Å². The lowest BCUT2D eigenvalue weighted by Crippen LogP contribution is -2.58. The molecule has 9 heteroatoms. The van der Waals surface area contributed by atoms with Crippen molar-refractivity contribution in [2.45, 2.75) is 18.4 Å². The summed E-state index contributed by atoms with van der Waals surface area (Å²) in [4.78, 5) is 29.2. The number of hydrogen-bond donors (Lipinski definition) is 1. The standard InChI is InChI=1S/C20H22N6O3/c27-18(15-11-16-3-1-2-6-25(16)13-15)26-9-10-29-20(14-26)4-7-24(8-5-20)19(28)17-12-21-23-22-17/h1-3,6,11-13H,4-5,7-10,14H2,(H,21,22,23). The SMILES string of the molecule is O=C(c1cc2ccccn2c1)N1CCOC2(CCN(C(=O)c3cn[nH]n3)CC2)C1. The third-order valence-electron chi connectivity index (χ3n) is 5.88. The summed E-state index contributed by atoms with van der Waals surface area (Å²) in [6.45, 7) is 2.78. The molecule has 5 heterocycles. The van der Waals surface area contributed by atoms with Gasteiger partial charge in [-0.1, -0.05) is 6.07 Å². The minimum atomic E-state index is -0.395. The van der Waals surface area contributed by atoms with E-state index < -0.39 is 5.60 Å². The molecule has 0 bridgehead atoms. The van der Waals surface area contributed by atoms with Gasteiger partial charge in [0.15, 0.2) is 5.69 Å². The van der Waals surface area contributed by atoms with Gasteiger partial charge >= 0.3 is 0 Å². The van der Waals surface area contributed by atoms with E-state index in [0.29, 0.717) is 56.9 Å². The van der Waals surface area contributed by atoms with Crippen LogP contribution in [-0.4, -0.2) is 79.8 Å². The van der Waals surface area contributed by atoms with E-state index in [2.05, 4.69) is 15.4 Å². The zero-order valence-electron chi connectivity index (χ0n) is 16.0. The van der Waals surface area contributed by atoms with E-state index in [1.165, 1.54) is 6.20 Å². The number of nitrogens with zero attached hydrogens (tertiary/aromatic N) is 5. The van der Waals surface area contributed by atoms with E-state index in [-0.39, 0.29) is 11.8 Å². The van der Waals surface area contributed by atoms with Crippen LogP contribution in [0.15, 0.2) is 42.9 Å². The lowest BCUT2D eigenvalue weighted by atomic mass is 9.89. The Labute approximate surface area is 167 Å². The lowest BCUT2D eigenvalue weighted by Gasteiger charge is -2.47. The summed E-state index contributed by atoms with van der Waals surface area (Å²) < 4.78 is 8.09. The van der Waals surface area contributed by atoms with Crippen molar-refractivity contribution in [1.82, 2.24) is 29.6 Å². The number of piperidine rings is 1. The fourth-order valence-electron chi connectivity index (χ4n) is 4.26. The van der Waals surface area contributed by atoms with Gasteiger partial charge in [0.25, 0.3) is 11.8 Å². The first-order chi connectivity index (χ1) is 14.1. The molecule has 2 aliphatic rings. The van der Waals surface area contributed by atoms with Crippen molar-refractivity contribution in [1.29, 1.82) is 0 Å². The fraction of sp³-hybridized carbons (Fsp3) is 0.400. The molecule has 2 fully saturated rings. The Bertz CT molecular complexity index is 1000. The summed E-state index contributed by atoms with van der Waals surface area (Å²) in [7, 11) is 0. The molecule has 3 aromatic rings. The van der Waals surface area contributed by atoms with Gasteiger partial charge in [-0.3, -0.25) is 9.59 Å². The first kappa shape index (κ1) is 17.9. The molecule has 0 saturated carbocycles. The highest BCUT2D eigenvalue weighted by Crippen LogP contribution is 2.31. The van der Waals surface area contributed by atoms with Crippen molar-refractivity contribution in [2.75, 3.05) is 32.8 Å². The largest absolute Gasteiger partial charge is 0.371 e. The molecule has 150 valence electrons. The van der Waals surface area contributed by atoms with Gasteiger partial charge < -0.3 is 18.9 Å². The van der Waals surface area contributed by atoms with E-state index >= 15 is 0 Å². The molecule has 1 spiro atoms. The van der Waals surface area contributed by atoms with Gasteiger partial charge in [0.05, 0.1) is 30.5 Å². The van der Waals surface area contributed by atoms with Crippen molar-refractivity contribution in [3.63, 3.8) is 0 Å². The van der Waals surface area contributed by atoms with Crippen molar-refractivity contribution < 1.29 is 14.3 Å². The minimum absolute atomic E-state index is 0.0254. The number of amides is 2. The molecule has 0 unspecified atom stereocenters. The quantitative estimate of drug-likeness (QED) is 0.705. The van der Waals surface area contributed by atoms with E-state index in [0.717, 1.165) is 5.52 Å². The Balaban J connectivity index is 1.27. The average molecular weight is 394 g/mol. The van der Waals surface area contributed by atoms with Crippen molar-refractivity contribution >= 4 is 17.3 Å². The first-order valence-corrected chi connectivity index (χ1v) is 9.79. The Morgan fingerprint density at radius 2 is 1.97 bits per heavy atom. The van der Waals surface area contributed by atoms with Crippen LogP contribution in [0.25, 0.3) is 5.52 Å². The Morgan fingerprint density at radius 3 is 2.72 bits per heavy atom. The van der Waals surface area contributed by atoms with Gasteiger partial charge in [0, 0.05) is 37.5 Å². The highest BCUT2D eigenvalue weighted by Gasteiger charge is 2.42. The summed E-state index contributed by atoms with van der Waals surface area (Å²) in [6.07, 6.45) is 6.63. The predicted molar refractivity (Wildman–Crippen MR) is 104 cm³/mol. The average Bonchev–Trinajstić information content (AvgIpc) is 3.43. The number of rotatable bonds is 2. The van der Waals surface area contributed by atoms with E-state index in [1.54, 1.807) is 4.90 Å². The summed E-state index contributed by atoms with van der Waals surface area (Å²) in [5.74, 6) is -0.102. The summed E-state index contributed by atoms with van der Waals surface area (Å²) in [5.41, 5.74) is 1.61. The number of morpholine rings is 1. The molecule has 0 aliphatic carbocycles. The number of fused-ring (bicyclic) bond motifs is 1. The number of H-pyrrole nitrogens is 1. The molecule has 0 aromatic carbocycles. The van der Waals surface area contributed by atoms with Crippen LogP contribution in [0.4, 0.5) is 0 Å². The molecule has 0 atom stereocenters. The lowest BCUT2D eigenvalue weighted by molar-refractivity contribution is -0.123. The van der Waals surface area contributed by atoms with Gasteiger partial charge in [-0.2, -0.15) is 15.4 Å². The number of aromatic amines is 1. The summed E-state index contributed by atoms with van der Waals surface area (Å²) >= 11 is 0. The molecule has 5 rings (SSSR count). The summed E-state index contributed by atoms with van der Waals surface area (Å²) in [6, 6.07) is 7.81. The number of likely N-dealkylation sites (tertiary alicyclic amines) is 1. The highest BCUT2D eigenvalue weighted by molar-refractivity contribution is 5.96. The number of pyridine rings is 1. The van der Waals surface area contributed by atoms with Crippen LogP contribution in [0.3, 0.4) is 0 Å². The van der Waals surface area contributed by atoms with Gasteiger partial charge in [0.2, 0.25) is 0 Å². The van der Waals surface area contributed by atoms with E-state index in [1.807, 2.05) is 46.0 Å². The van der Waals surface area contributed by atoms with Crippen molar-refractivity contribution in [2.24, 2.45) is 0 Å². The van der Waals surface area contributed by atoms with Gasteiger partial charge in [-0.05, 0) is 31.0 Å². The molecular weight excluding hydrogens is 372 g/mol. The molecule has 2 saturated heterocycles. The molecule has 2 aliphatic heterocycles. The third-order valence-corrected chi connectivity index (χ3v) is 5.88. The van der Waals surface area contributed by atoms with Crippen LogP contribution in [0.2, 0.25) is 0 Å². The molecule has 2 amide bonds. The number of hydrogen-bond acceptors (Lipinski definition) is 5. The Morgan fingerprint density at radius 1 is 1.10 bits per heavy atom. The second kappa shape index (κ2) is 7.00. The molecule has 3 aromatic heterocycles. The first-order valence-electron chi connectivity index (χ1n) is 9.79. The molecular formula is C20H22N6O3. The maximum Gasteiger partial charge on any atom is 0.276 e. The predicted octanol–water partition coefficient (Wildman–Crippen LogP) is 1.20. The maximum atomic E-state index is 13.1. The molecule has 9 nitrogen and oxygen atoms in total. The number of nitrogens with one attached hydrogen (secondary N) is 1. The number of aromatic nitrogens is 4. The van der Waals surface area contributed by atoms with Gasteiger partial charge in [0.1, 0.15) is 0 Å². The number of carbonyl (C=O) groups is 2. The minimum Gasteiger partial charge on any atom is -0.371 e. The zero-order chi connectivity index (χ0) is 19.8. The number of ether oxygens (including phenoxy) is 1. The van der Waals surface area contributed by atoms with E-state index in [9.17, 15) is 9.59 Å². The van der Waals surface area contributed by atoms with Crippen LogP contribution in [0.1, 0.15) is 33.7 Å². The van der Waals surface area contributed by atoms with Crippen LogP contribution >= 0.6 is 0 Å². The van der Waals surface area contributed by atoms with Gasteiger partial charge in [-0.15, -0.1) is 0 Å².